The van der Waals surface area contributed by atoms with Crippen molar-refractivity contribution in [3.8, 4) is 0 Å². The maximum Gasteiger partial charge on any atom is 0.239 e. The van der Waals surface area contributed by atoms with Crippen LogP contribution in [-0.4, -0.2) is 63.2 Å². The minimum atomic E-state index is -0.125. The van der Waals surface area contributed by atoms with E-state index in [9.17, 15) is 9.59 Å². The fourth-order valence-electron chi connectivity index (χ4n) is 1.95. The molecule has 104 valence electrons. The van der Waals surface area contributed by atoms with Crippen LogP contribution in [0.2, 0.25) is 0 Å². The Kier molecular flexibility index (Phi) is 6.67. The highest BCUT2D eigenvalue weighted by atomic mass is 16.5. The smallest absolute Gasteiger partial charge is 0.239 e. The first-order valence-corrected chi connectivity index (χ1v) is 6.39. The number of methoxy groups -OCH3 is 1. The van der Waals surface area contributed by atoms with Gasteiger partial charge in [0.15, 0.2) is 0 Å². The molecule has 1 aliphatic heterocycles. The van der Waals surface area contributed by atoms with Crippen molar-refractivity contribution in [2.45, 2.75) is 25.3 Å². The predicted molar refractivity (Wildman–Crippen MR) is 68.2 cm³/mol. The second-order valence-electron chi connectivity index (χ2n) is 4.54. The number of hydrogen-bond donors (Lipinski definition) is 2. The molecule has 0 aromatic heterocycles. The van der Waals surface area contributed by atoms with Gasteiger partial charge < -0.3 is 20.3 Å². The number of ether oxygens (including phenoxy) is 1. The van der Waals surface area contributed by atoms with Crippen LogP contribution >= 0.6 is 0 Å². The molecule has 1 heterocycles. The third-order valence-electron chi connectivity index (χ3n) is 2.96. The van der Waals surface area contributed by atoms with E-state index in [2.05, 4.69) is 10.6 Å². The lowest BCUT2D eigenvalue weighted by molar-refractivity contribution is -0.136. The van der Waals surface area contributed by atoms with Crippen LogP contribution in [0.4, 0.5) is 0 Å². The summed E-state index contributed by atoms with van der Waals surface area (Å²) in [5.41, 5.74) is 0. The van der Waals surface area contributed by atoms with E-state index in [1.54, 1.807) is 14.2 Å². The van der Waals surface area contributed by atoms with Crippen molar-refractivity contribution in [1.29, 1.82) is 0 Å². The van der Waals surface area contributed by atoms with Gasteiger partial charge in [-0.3, -0.25) is 9.59 Å². The zero-order chi connectivity index (χ0) is 13.4. The Bertz CT molecular complexity index is 278. The summed E-state index contributed by atoms with van der Waals surface area (Å²) in [6.45, 7) is 2.20. The van der Waals surface area contributed by atoms with Gasteiger partial charge in [0.1, 0.15) is 0 Å². The van der Waals surface area contributed by atoms with Gasteiger partial charge in [-0.05, 0) is 25.8 Å². The standard InChI is InChI=1S/C12H23N3O3/c1-15(12(17)10-5-3-6-13-10)9-11(16)14-7-4-8-18-2/h10,13H,3-9H2,1-2H3,(H,14,16)/t10-/m0/s1. The van der Waals surface area contributed by atoms with E-state index in [0.717, 1.165) is 25.8 Å². The van der Waals surface area contributed by atoms with Gasteiger partial charge in [0.05, 0.1) is 12.6 Å². The van der Waals surface area contributed by atoms with Gasteiger partial charge in [0.2, 0.25) is 11.8 Å². The molecule has 1 atom stereocenters. The highest BCUT2D eigenvalue weighted by molar-refractivity contribution is 5.87. The van der Waals surface area contributed by atoms with E-state index in [1.807, 2.05) is 0 Å². The molecular formula is C12H23N3O3. The molecule has 1 saturated heterocycles. The first kappa shape index (κ1) is 14.9. The Morgan fingerprint density at radius 3 is 2.89 bits per heavy atom. The fourth-order valence-corrected chi connectivity index (χ4v) is 1.95. The Labute approximate surface area is 108 Å². The number of amides is 2. The molecule has 1 aliphatic rings. The molecule has 6 nitrogen and oxygen atoms in total. The highest BCUT2D eigenvalue weighted by Crippen LogP contribution is 2.07. The topological polar surface area (TPSA) is 70.7 Å². The van der Waals surface area contributed by atoms with Crippen molar-refractivity contribution in [2.24, 2.45) is 0 Å². The van der Waals surface area contributed by atoms with Gasteiger partial charge in [-0.2, -0.15) is 0 Å². The molecular weight excluding hydrogens is 234 g/mol. The minimum Gasteiger partial charge on any atom is -0.385 e. The highest BCUT2D eigenvalue weighted by Gasteiger charge is 2.25. The molecule has 6 heteroatoms. The number of carbonyl (C=O) groups excluding carboxylic acids is 2. The number of carbonyl (C=O) groups is 2. The molecule has 0 aromatic carbocycles. The van der Waals surface area contributed by atoms with E-state index in [0.29, 0.717) is 13.2 Å². The SMILES string of the molecule is COCCCNC(=O)CN(C)C(=O)[C@@H]1CCCN1. The largest absolute Gasteiger partial charge is 0.385 e. The number of nitrogens with zero attached hydrogens (tertiary/aromatic N) is 1. The van der Waals surface area contributed by atoms with Crippen molar-refractivity contribution in [3.05, 3.63) is 0 Å². The van der Waals surface area contributed by atoms with E-state index in [1.165, 1.54) is 4.90 Å². The molecule has 2 amide bonds. The summed E-state index contributed by atoms with van der Waals surface area (Å²) in [5, 5.41) is 5.89. The predicted octanol–water partition coefficient (Wildman–Crippen LogP) is -0.650. The molecule has 0 aromatic rings. The zero-order valence-electron chi connectivity index (χ0n) is 11.2. The monoisotopic (exact) mass is 257 g/mol. The first-order valence-electron chi connectivity index (χ1n) is 6.39. The lowest BCUT2D eigenvalue weighted by Gasteiger charge is -2.20. The van der Waals surface area contributed by atoms with Crippen LogP contribution in [0.5, 0.6) is 0 Å². The van der Waals surface area contributed by atoms with E-state index in [4.69, 9.17) is 4.74 Å². The van der Waals surface area contributed by atoms with Crippen LogP contribution in [0, 0.1) is 0 Å². The quantitative estimate of drug-likeness (QED) is 0.595. The van der Waals surface area contributed by atoms with E-state index in [-0.39, 0.29) is 24.4 Å². The Balaban J connectivity index is 2.19. The molecule has 0 unspecified atom stereocenters. The summed E-state index contributed by atoms with van der Waals surface area (Å²) < 4.78 is 4.89. The summed E-state index contributed by atoms with van der Waals surface area (Å²) >= 11 is 0. The van der Waals surface area contributed by atoms with Crippen molar-refractivity contribution in [2.75, 3.05) is 40.4 Å². The van der Waals surface area contributed by atoms with E-state index >= 15 is 0 Å². The van der Waals surface area contributed by atoms with Gasteiger partial charge in [0.25, 0.3) is 0 Å². The zero-order valence-corrected chi connectivity index (χ0v) is 11.2. The average molecular weight is 257 g/mol. The molecule has 0 saturated carbocycles. The Morgan fingerprint density at radius 1 is 1.50 bits per heavy atom. The average Bonchev–Trinajstić information content (AvgIpc) is 2.87. The van der Waals surface area contributed by atoms with Crippen LogP contribution in [0.15, 0.2) is 0 Å². The third kappa shape index (κ3) is 5.01. The molecule has 1 rings (SSSR count). The van der Waals surface area contributed by atoms with Crippen molar-refractivity contribution >= 4 is 11.8 Å². The van der Waals surface area contributed by atoms with Gasteiger partial charge in [0, 0.05) is 27.3 Å². The summed E-state index contributed by atoms with van der Waals surface area (Å²) in [5.74, 6) is -0.125. The lowest BCUT2D eigenvalue weighted by atomic mass is 10.2. The summed E-state index contributed by atoms with van der Waals surface area (Å²) in [4.78, 5) is 25.0. The minimum absolute atomic E-state index is 0.000425. The third-order valence-corrected chi connectivity index (χ3v) is 2.96. The van der Waals surface area contributed by atoms with E-state index < -0.39 is 0 Å². The number of rotatable bonds is 7. The number of hydrogen-bond acceptors (Lipinski definition) is 4. The summed E-state index contributed by atoms with van der Waals surface area (Å²) in [6.07, 6.45) is 2.66. The maximum atomic E-state index is 11.9. The van der Waals surface area contributed by atoms with Crippen LogP contribution in [0.3, 0.4) is 0 Å². The van der Waals surface area contributed by atoms with Crippen molar-refractivity contribution < 1.29 is 14.3 Å². The Hall–Kier alpha value is -1.14. The summed E-state index contributed by atoms with van der Waals surface area (Å²) in [7, 11) is 3.29. The van der Waals surface area contributed by atoms with Crippen LogP contribution in [-0.2, 0) is 14.3 Å². The van der Waals surface area contributed by atoms with Crippen LogP contribution in [0.25, 0.3) is 0 Å². The number of likely N-dealkylation sites (N-methyl/N-ethyl adjacent to an activating group) is 1. The first-order chi connectivity index (χ1) is 8.65. The lowest BCUT2D eigenvalue weighted by Crippen LogP contribution is -2.45. The summed E-state index contributed by atoms with van der Waals surface area (Å²) in [6, 6.07) is -0.115. The molecule has 0 aliphatic carbocycles. The normalized spacial score (nSPS) is 18.7. The Morgan fingerprint density at radius 2 is 2.28 bits per heavy atom. The van der Waals surface area contributed by atoms with Crippen molar-refractivity contribution in [1.82, 2.24) is 15.5 Å². The van der Waals surface area contributed by atoms with Gasteiger partial charge >= 0.3 is 0 Å². The fraction of sp³-hybridized carbons (Fsp3) is 0.833. The molecule has 0 spiro atoms. The van der Waals surface area contributed by atoms with Gasteiger partial charge in [-0.15, -0.1) is 0 Å². The second-order valence-corrected chi connectivity index (χ2v) is 4.54. The van der Waals surface area contributed by atoms with Gasteiger partial charge in [-0.1, -0.05) is 0 Å². The molecule has 0 radical (unpaired) electrons. The van der Waals surface area contributed by atoms with Gasteiger partial charge in [-0.25, -0.2) is 0 Å². The molecule has 1 fully saturated rings. The molecule has 18 heavy (non-hydrogen) atoms. The van der Waals surface area contributed by atoms with Crippen LogP contribution in [0.1, 0.15) is 19.3 Å². The van der Waals surface area contributed by atoms with Crippen LogP contribution < -0.4 is 10.6 Å². The number of nitrogens with one attached hydrogen (secondary N) is 2. The molecule has 0 bridgehead atoms. The molecule has 2 N–H and O–H groups in total. The van der Waals surface area contributed by atoms with Crippen molar-refractivity contribution in [3.63, 3.8) is 0 Å². The maximum absolute atomic E-state index is 11.9. The second kappa shape index (κ2) is 8.05.